The number of hydrogen-bond acceptors (Lipinski definition) is 3. The van der Waals surface area contributed by atoms with Crippen LogP contribution in [-0.4, -0.2) is 19.2 Å². The summed E-state index contributed by atoms with van der Waals surface area (Å²) in [6, 6.07) is 9.26. The molecule has 0 bridgehead atoms. The lowest BCUT2D eigenvalue weighted by Gasteiger charge is -2.07. The lowest BCUT2D eigenvalue weighted by molar-refractivity contribution is -0.138. The summed E-state index contributed by atoms with van der Waals surface area (Å²) in [4.78, 5) is 11.2. The van der Waals surface area contributed by atoms with Gasteiger partial charge in [0.25, 0.3) is 0 Å². The van der Waals surface area contributed by atoms with E-state index in [1.807, 2.05) is 30.3 Å². The second-order valence-electron chi connectivity index (χ2n) is 2.93. The Bertz CT molecular complexity index is 330. The molecule has 0 aliphatic heterocycles. The number of ether oxygens (including phenoxy) is 2. The van der Waals surface area contributed by atoms with Gasteiger partial charge in [0.15, 0.2) is 0 Å². The SMILES string of the molecule is C=C(COc1ccccc1)C(=O)OCC. The highest BCUT2D eigenvalue weighted by molar-refractivity contribution is 5.87. The lowest BCUT2D eigenvalue weighted by Crippen LogP contribution is -2.13. The highest BCUT2D eigenvalue weighted by Gasteiger charge is 2.07. The van der Waals surface area contributed by atoms with E-state index in [0.717, 1.165) is 0 Å². The molecule has 0 N–H and O–H groups in total. The molecule has 0 aliphatic rings. The van der Waals surface area contributed by atoms with Crippen molar-refractivity contribution in [2.24, 2.45) is 0 Å². The van der Waals surface area contributed by atoms with Gasteiger partial charge in [-0.25, -0.2) is 4.79 Å². The summed E-state index contributed by atoms with van der Waals surface area (Å²) in [6.45, 7) is 5.85. The maximum Gasteiger partial charge on any atom is 0.336 e. The number of benzene rings is 1. The van der Waals surface area contributed by atoms with E-state index in [0.29, 0.717) is 17.9 Å². The third-order valence-corrected chi connectivity index (χ3v) is 1.72. The Balaban J connectivity index is 2.38. The fourth-order valence-electron chi connectivity index (χ4n) is 0.979. The van der Waals surface area contributed by atoms with Gasteiger partial charge < -0.3 is 9.47 Å². The molecule has 0 radical (unpaired) electrons. The first-order valence-corrected chi connectivity index (χ1v) is 4.76. The monoisotopic (exact) mass is 206 g/mol. The maximum atomic E-state index is 11.2. The van der Waals surface area contributed by atoms with Crippen molar-refractivity contribution in [3.05, 3.63) is 42.5 Å². The van der Waals surface area contributed by atoms with Crippen molar-refractivity contribution in [1.29, 1.82) is 0 Å². The molecule has 0 saturated carbocycles. The lowest BCUT2D eigenvalue weighted by atomic mass is 10.3. The molecular formula is C12H14O3. The van der Waals surface area contributed by atoms with E-state index < -0.39 is 5.97 Å². The number of carbonyl (C=O) groups excluding carboxylic acids is 1. The van der Waals surface area contributed by atoms with Crippen LogP contribution >= 0.6 is 0 Å². The van der Waals surface area contributed by atoms with Gasteiger partial charge in [0.05, 0.1) is 12.2 Å². The minimum atomic E-state index is -0.409. The van der Waals surface area contributed by atoms with Crippen molar-refractivity contribution < 1.29 is 14.3 Å². The number of para-hydroxylation sites is 1. The van der Waals surface area contributed by atoms with Crippen LogP contribution in [0.15, 0.2) is 42.5 Å². The fourth-order valence-corrected chi connectivity index (χ4v) is 0.979. The number of rotatable bonds is 5. The van der Waals surface area contributed by atoms with E-state index >= 15 is 0 Å². The molecular weight excluding hydrogens is 192 g/mol. The molecule has 3 nitrogen and oxygen atoms in total. The summed E-state index contributed by atoms with van der Waals surface area (Å²) >= 11 is 0. The van der Waals surface area contributed by atoms with Crippen LogP contribution in [0.2, 0.25) is 0 Å². The summed E-state index contributed by atoms with van der Waals surface area (Å²) < 4.78 is 10.1. The molecule has 1 rings (SSSR count). The summed E-state index contributed by atoms with van der Waals surface area (Å²) in [7, 11) is 0. The van der Waals surface area contributed by atoms with Gasteiger partial charge in [-0.15, -0.1) is 0 Å². The van der Waals surface area contributed by atoms with Crippen LogP contribution in [0, 0.1) is 0 Å². The van der Waals surface area contributed by atoms with E-state index in [1.165, 1.54) is 0 Å². The predicted molar refractivity (Wildman–Crippen MR) is 57.7 cm³/mol. The average molecular weight is 206 g/mol. The largest absolute Gasteiger partial charge is 0.489 e. The highest BCUT2D eigenvalue weighted by atomic mass is 16.5. The first-order valence-electron chi connectivity index (χ1n) is 4.76. The molecule has 0 unspecified atom stereocenters. The van der Waals surface area contributed by atoms with Crippen molar-refractivity contribution in [3.8, 4) is 5.75 Å². The van der Waals surface area contributed by atoms with Gasteiger partial charge in [-0.1, -0.05) is 24.8 Å². The van der Waals surface area contributed by atoms with Gasteiger partial charge in [0.1, 0.15) is 12.4 Å². The Morgan fingerprint density at radius 1 is 1.33 bits per heavy atom. The Kier molecular flexibility index (Phi) is 4.41. The molecule has 80 valence electrons. The predicted octanol–water partition coefficient (Wildman–Crippen LogP) is 2.18. The van der Waals surface area contributed by atoms with Crippen LogP contribution in [0.1, 0.15) is 6.92 Å². The van der Waals surface area contributed by atoms with Crippen molar-refractivity contribution in [2.75, 3.05) is 13.2 Å². The van der Waals surface area contributed by atoms with Crippen molar-refractivity contribution in [1.82, 2.24) is 0 Å². The van der Waals surface area contributed by atoms with Crippen LogP contribution in [0.3, 0.4) is 0 Å². The molecule has 0 aliphatic carbocycles. The molecule has 1 aromatic rings. The van der Waals surface area contributed by atoms with Crippen LogP contribution in [0.5, 0.6) is 5.75 Å². The Labute approximate surface area is 89.3 Å². The number of hydrogen-bond donors (Lipinski definition) is 0. The fraction of sp³-hybridized carbons (Fsp3) is 0.250. The average Bonchev–Trinajstić information content (AvgIpc) is 2.27. The minimum Gasteiger partial charge on any atom is -0.489 e. The first kappa shape index (κ1) is 11.3. The molecule has 0 spiro atoms. The van der Waals surface area contributed by atoms with Gasteiger partial charge in [-0.3, -0.25) is 0 Å². The molecule has 0 fully saturated rings. The van der Waals surface area contributed by atoms with Gasteiger partial charge in [0.2, 0.25) is 0 Å². The first-order chi connectivity index (χ1) is 7.24. The van der Waals surface area contributed by atoms with E-state index in [2.05, 4.69) is 6.58 Å². The van der Waals surface area contributed by atoms with Gasteiger partial charge in [0, 0.05) is 0 Å². The molecule has 3 heteroatoms. The summed E-state index contributed by atoms with van der Waals surface area (Å²) in [5, 5.41) is 0. The molecule has 0 amide bonds. The Morgan fingerprint density at radius 3 is 2.60 bits per heavy atom. The zero-order valence-corrected chi connectivity index (χ0v) is 8.73. The normalized spacial score (nSPS) is 9.40. The van der Waals surface area contributed by atoms with Gasteiger partial charge in [-0.2, -0.15) is 0 Å². The summed E-state index contributed by atoms with van der Waals surface area (Å²) in [5.41, 5.74) is 0.320. The van der Waals surface area contributed by atoms with Gasteiger partial charge >= 0.3 is 5.97 Å². The van der Waals surface area contributed by atoms with Gasteiger partial charge in [-0.05, 0) is 19.1 Å². The standard InChI is InChI=1S/C12H14O3/c1-3-14-12(13)10(2)9-15-11-7-5-4-6-8-11/h4-8H,2-3,9H2,1H3. The van der Waals surface area contributed by atoms with E-state index in [9.17, 15) is 4.79 Å². The zero-order valence-electron chi connectivity index (χ0n) is 8.73. The smallest absolute Gasteiger partial charge is 0.336 e. The Morgan fingerprint density at radius 2 is 2.00 bits per heavy atom. The quantitative estimate of drug-likeness (QED) is 0.547. The van der Waals surface area contributed by atoms with Crippen molar-refractivity contribution in [2.45, 2.75) is 6.92 Å². The number of carbonyl (C=O) groups is 1. The van der Waals surface area contributed by atoms with E-state index in [1.54, 1.807) is 6.92 Å². The molecule has 0 atom stereocenters. The topological polar surface area (TPSA) is 35.5 Å². The van der Waals surface area contributed by atoms with Crippen molar-refractivity contribution >= 4 is 5.97 Å². The third-order valence-electron chi connectivity index (χ3n) is 1.72. The molecule has 0 aromatic heterocycles. The highest BCUT2D eigenvalue weighted by Crippen LogP contribution is 2.09. The molecule has 1 aromatic carbocycles. The zero-order chi connectivity index (χ0) is 11.1. The molecule has 15 heavy (non-hydrogen) atoms. The second kappa shape index (κ2) is 5.86. The van der Waals surface area contributed by atoms with Crippen LogP contribution in [0.25, 0.3) is 0 Å². The number of esters is 1. The van der Waals surface area contributed by atoms with Crippen LogP contribution in [-0.2, 0) is 9.53 Å². The van der Waals surface area contributed by atoms with E-state index in [-0.39, 0.29) is 6.61 Å². The Hall–Kier alpha value is -1.77. The third kappa shape index (κ3) is 3.85. The van der Waals surface area contributed by atoms with E-state index in [4.69, 9.17) is 9.47 Å². The summed E-state index contributed by atoms with van der Waals surface area (Å²) in [5.74, 6) is 0.302. The van der Waals surface area contributed by atoms with Crippen molar-refractivity contribution in [3.63, 3.8) is 0 Å². The molecule has 0 saturated heterocycles. The molecule has 0 heterocycles. The van der Waals surface area contributed by atoms with Crippen LogP contribution < -0.4 is 4.74 Å². The minimum absolute atomic E-state index is 0.156. The van der Waals surface area contributed by atoms with Crippen LogP contribution in [0.4, 0.5) is 0 Å². The summed E-state index contributed by atoms with van der Waals surface area (Å²) in [6.07, 6.45) is 0. The second-order valence-corrected chi connectivity index (χ2v) is 2.93. The maximum absolute atomic E-state index is 11.2.